The van der Waals surface area contributed by atoms with Gasteiger partial charge in [0, 0.05) is 34.5 Å². The molecule has 119 heavy (non-hydrogen) atoms. The highest BCUT2D eigenvalue weighted by Gasteiger charge is 2.65. The third-order valence-corrected chi connectivity index (χ3v) is 30.2. The molecule has 15 unspecified atom stereocenters. The quantitative estimate of drug-likeness (QED) is 0.0543. The molecule has 2 aliphatic heterocycles. The molecule has 14 saturated carbocycles. The van der Waals surface area contributed by atoms with Crippen molar-refractivity contribution in [3.05, 3.63) is 0 Å². The van der Waals surface area contributed by atoms with Crippen molar-refractivity contribution < 1.29 is 125 Å². The summed E-state index contributed by atoms with van der Waals surface area (Å²) < 4.78 is 63.7. The van der Waals surface area contributed by atoms with Crippen LogP contribution in [0.25, 0.3) is 0 Å². The molecule has 26 heteroatoms. The molecule has 2 saturated heterocycles. The molecule has 0 aromatic heterocycles. The number of rotatable bonds is 28. The van der Waals surface area contributed by atoms with Crippen molar-refractivity contribution >= 4 is 71.6 Å². The first kappa shape index (κ1) is 96.4. The Hall–Kier alpha value is -6.44. The van der Waals surface area contributed by atoms with Gasteiger partial charge in [-0.15, -0.1) is 0 Å². The van der Waals surface area contributed by atoms with Crippen molar-refractivity contribution in [1.82, 2.24) is 0 Å². The van der Waals surface area contributed by atoms with Crippen molar-refractivity contribution in [3.63, 3.8) is 0 Å². The maximum Gasteiger partial charge on any atom is 0.344 e. The van der Waals surface area contributed by atoms with Gasteiger partial charge in [0.25, 0.3) is 0 Å². The highest BCUT2D eigenvalue weighted by atomic mass is 16.6. The van der Waals surface area contributed by atoms with Crippen LogP contribution >= 0.6 is 0 Å². The number of hydrogen-bond acceptors (Lipinski definition) is 26. The van der Waals surface area contributed by atoms with E-state index in [0.717, 1.165) is 128 Å². The van der Waals surface area contributed by atoms with E-state index in [2.05, 4.69) is 13.8 Å². The Morgan fingerprint density at radius 2 is 0.697 bits per heavy atom. The first-order valence-corrected chi connectivity index (χ1v) is 45.2. The first-order valence-electron chi connectivity index (χ1n) is 45.2. The number of fused-ring (bicyclic) bond motifs is 2. The zero-order valence-electron chi connectivity index (χ0n) is 75.3. The van der Waals surface area contributed by atoms with Gasteiger partial charge in [-0.1, -0.05) is 48.5 Å². The molecule has 14 aliphatic carbocycles. The highest BCUT2D eigenvalue weighted by Crippen LogP contribution is 2.64. The van der Waals surface area contributed by atoms with Gasteiger partial charge < -0.3 is 67.1 Å². The van der Waals surface area contributed by atoms with Crippen LogP contribution in [0.5, 0.6) is 0 Å². The second kappa shape index (κ2) is 38.4. The zero-order chi connectivity index (χ0) is 88.0. The van der Waals surface area contributed by atoms with Crippen LogP contribution in [0.4, 0.5) is 0 Å². The monoisotopic (exact) mass is 1680 g/mol. The van der Waals surface area contributed by atoms with E-state index < -0.39 is 63.3 Å². The third kappa shape index (κ3) is 23.9. The van der Waals surface area contributed by atoms with Crippen molar-refractivity contribution in [2.24, 2.45) is 103 Å². The highest BCUT2D eigenvalue weighted by molar-refractivity contribution is 5.83. The Bertz CT molecular complexity index is 3460. The third-order valence-electron chi connectivity index (χ3n) is 30.2. The van der Waals surface area contributed by atoms with Gasteiger partial charge in [0.2, 0.25) is 0 Å². The molecule has 2 N–H and O–H groups in total. The molecule has 674 valence electrons. The molecule has 26 nitrogen and oxygen atoms in total. The smallest absolute Gasteiger partial charge is 0.344 e. The van der Waals surface area contributed by atoms with E-state index in [9.17, 15) is 67.7 Å². The first-order chi connectivity index (χ1) is 55.4. The molecular formula is C93H146O26. The van der Waals surface area contributed by atoms with Crippen molar-refractivity contribution in [1.29, 1.82) is 0 Å². The van der Waals surface area contributed by atoms with Gasteiger partial charge in [0.15, 0.2) is 26.4 Å². The topological polar surface area (TPSA) is 356 Å². The van der Waals surface area contributed by atoms with Crippen LogP contribution < -0.4 is 0 Å². The Morgan fingerprint density at radius 1 is 0.403 bits per heavy atom. The van der Waals surface area contributed by atoms with Crippen molar-refractivity contribution in [2.75, 3.05) is 39.6 Å². The van der Waals surface area contributed by atoms with Gasteiger partial charge >= 0.3 is 71.6 Å². The largest absolute Gasteiger partial charge is 0.463 e. The van der Waals surface area contributed by atoms with Crippen LogP contribution in [0.2, 0.25) is 0 Å². The summed E-state index contributed by atoms with van der Waals surface area (Å²) in [7, 11) is 0. The minimum atomic E-state index is -0.610. The minimum absolute atomic E-state index is 0.00636. The molecule has 0 amide bonds. The summed E-state index contributed by atoms with van der Waals surface area (Å²) in [6.07, 6.45) is 26.7. The van der Waals surface area contributed by atoms with E-state index in [1.165, 1.54) is 38.5 Å². The summed E-state index contributed by atoms with van der Waals surface area (Å²) in [5.41, 5.74) is -4.03. The lowest BCUT2D eigenvalue weighted by atomic mass is 9.48. The maximum atomic E-state index is 12.0. The second-order valence-electron chi connectivity index (χ2n) is 42.3. The molecule has 0 aromatic rings. The Balaban J connectivity index is 0.000000165. The van der Waals surface area contributed by atoms with Crippen LogP contribution in [0.15, 0.2) is 0 Å². The summed E-state index contributed by atoms with van der Waals surface area (Å²) in [6.45, 7) is 35.3. The number of carbonyl (C=O) groups excluding carboxylic acids is 12. The lowest BCUT2D eigenvalue weighted by molar-refractivity contribution is -0.189. The van der Waals surface area contributed by atoms with Crippen LogP contribution in [0.1, 0.15) is 324 Å². The van der Waals surface area contributed by atoms with E-state index in [-0.39, 0.29) is 161 Å². The summed E-state index contributed by atoms with van der Waals surface area (Å²) in [4.78, 5) is 142. The molecule has 16 rings (SSSR count). The van der Waals surface area contributed by atoms with Crippen LogP contribution in [0.3, 0.4) is 0 Å². The number of esters is 12. The Labute approximate surface area is 706 Å². The van der Waals surface area contributed by atoms with E-state index in [0.29, 0.717) is 62.6 Å². The van der Waals surface area contributed by atoms with E-state index >= 15 is 0 Å². The summed E-state index contributed by atoms with van der Waals surface area (Å²) in [6, 6.07) is 0. The van der Waals surface area contributed by atoms with Gasteiger partial charge in [-0.05, 0) is 299 Å². The normalized spacial score (nSPS) is 33.1. The predicted molar refractivity (Wildman–Crippen MR) is 435 cm³/mol. The molecule has 0 radical (unpaired) electrons. The lowest BCUT2D eigenvalue weighted by Crippen LogP contribution is -2.57. The SMILES string of the molecule is CCC(C)(C)C(=O)OC1(C)CCCC1.CCC(C)(C)C(=O)OC1(C)CCCC1.CCC(C)(C)C(=O)OCC(=O)OC1C2CC3C(=O)OC1C3C2.CCC(C)(C)C(=O)OCC(=O)OC1C2CC3C(=O)OC1C3C2.CCC(C)(C)C(=O)OCC(=O)OCC12CC3CC(CC(O)(C3)C1)C2.CCC(C)C(=O)OCC(=O)OCC12CC3CC(CC(O)(C3)C1)C2. The number of hydrogen-bond donors (Lipinski definition) is 2. The second-order valence-corrected chi connectivity index (χ2v) is 42.3. The zero-order valence-corrected chi connectivity index (χ0v) is 75.3. The van der Waals surface area contributed by atoms with Crippen LogP contribution in [-0.4, -0.2) is 168 Å². The molecule has 0 spiro atoms. The predicted octanol–water partition coefficient (Wildman–Crippen LogP) is 14.8. The fourth-order valence-corrected chi connectivity index (χ4v) is 21.5. The molecular weight excluding hydrogens is 1530 g/mol. The van der Waals surface area contributed by atoms with Crippen molar-refractivity contribution in [3.8, 4) is 0 Å². The lowest BCUT2D eigenvalue weighted by Gasteiger charge is -2.59. The number of aliphatic hydroxyl groups is 2. The van der Waals surface area contributed by atoms with Gasteiger partial charge in [0.1, 0.15) is 35.6 Å². The number of carbonyl (C=O) groups is 12. The standard InChI is InChI=1S/C19H30O5.C18H28O5.2C16H22O6.2C12H22O2/c1-4-17(2,3)16(21)23-10-15(20)24-12-18-6-13-5-14(7-18)9-19(22,8-13)11-18;1-3-12(2)16(20)22-9-15(19)23-11-17-5-13-4-14(6-17)8-18(21,7-13)10-17;2*1-4-16(2,3)15(19)20-7-11(17)21-12-8-5-9-10(6-8)14(18)22-13(9)12;2*1-5-11(2,3)10(13)14-12(4)8-6-7-9-12/h13-14,22H,4-12H2,1-3H3;12-14,21H,3-11H2,1-2H3;2*8-10,12-13H,4-7H2,1-3H3;2*5-9H2,1-4H3. The minimum Gasteiger partial charge on any atom is -0.463 e. The average Bonchev–Trinajstić information content (AvgIpc) is 1.72. The molecule has 12 bridgehead atoms. The molecule has 15 atom stereocenters. The summed E-state index contributed by atoms with van der Waals surface area (Å²) >= 11 is 0. The van der Waals surface area contributed by atoms with E-state index in [1.54, 1.807) is 48.5 Å². The molecule has 16 fully saturated rings. The van der Waals surface area contributed by atoms with E-state index in [4.69, 9.17) is 56.8 Å². The fraction of sp³-hybridized carbons (Fsp3) is 0.871. The Morgan fingerprint density at radius 3 is 0.992 bits per heavy atom. The van der Waals surface area contributed by atoms with Gasteiger partial charge in [-0.2, -0.15) is 0 Å². The van der Waals surface area contributed by atoms with Gasteiger partial charge in [-0.3, -0.25) is 38.4 Å². The molecule has 2 heterocycles. The van der Waals surface area contributed by atoms with E-state index in [1.807, 2.05) is 69.2 Å². The summed E-state index contributed by atoms with van der Waals surface area (Å²) in [5, 5.41) is 21.4. The molecule has 0 aromatic carbocycles. The van der Waals surface area contributed by atoms with Gasteiger partial charge in [0.05, 0.1) is 69.2 Å². The number of ether oxygens (including phenoxy) is 12. The Kier molecular flexibility index (Phi) is 31.1. The van der Waals surface area contributed by atoms with Crippen molar-refractivity contribution in [2.45, 2.75) is 371 Å². The van der Waals surface area contributed by atoms with Crippen LogP contribution in [0, 0.1) is 103 Å². The maximum absolute atomic E-state index is 12.0. The van der Waals surface area contributed by atoms with Crippen LogP contribution in [-0.2, 0) is 114 Å². The fourth-order valence-electron chi connectivity index (χ4n) is 21.5. The molecule has 16 aliphatic rings. The summed E-state index contributed by atoms with van der Waals surface area (Å²) in [5.74, 6) is -1.21. The van der Waals surface area contributed by atoms with Gasteiger partial charge in [-0.25, -0.2) is 19.2 Å². The average molecular weight is 1680 g/mol.